The largest absolute Gasteiger partial charge is 0.480 e. The summed E-state index contributed by atoms with van der Waals surface area (Å²) in [5.74, 6) is -0.339. The Bertz CT molecular complexity index is 998. The molecule has 0 N–H and O–H groups in total. The fourth-order valence-electron chi connectivity index (χ4n) is 4.96. The molecule has 2 bridgehead atoms. The molecule has 1 saturated heterocycles. The van der Waals surface area contributed by atoms with Gasteiger partial charge in [-0.2, -0.15) is 0 Å². The Morgan fingerprint density at radius 2 is 1.52 bits per heavy atom. The van der Waals surface area contributed by atoms with Crippen molar-refractivity contribution in [3.63, 3.8) is 0 Å². The van der Waals surface area contributed by atoms with Gasteiger partial charge < -0.3 is 4.74 Å². The highest BCUT2D eigenvalue weighted by Crippen LogP contribution is 2.53. The first-order chi connectivity index (χ1) is 14.1. The monoisotopic (exact) mass is 387 g/mol. The molecule has 2 aromatic carbocycles. The van der Waals surface area contributed by atoms with Crippen LogP contribution < -0.4 is 9.64 Å². The number of ether oxygens (including phenoxy) is 1. The zero-order valence-corrected chi connectivity index (χ0v) is 16.0. The lowest BCUT2D eigenvalue weighted by Crippen LogP contribution is -2.34. The first-order valence-electron chi connectivity index (χ1n) is 9.97. The summed E-state index contributed by atoms with van der Waals surface area (Å²) in [4.78, 5) is 40.2. The first kappa shape index (κ1) is 17.9. The van der Waals surface area contributed by atoms with Gasteiger partial charge in [-0.05, 0) is 37.3 Å². The zero-order valence-electron chi connectivity index (χ0n) is 16.0. The van der Waals surface area contributed by atoms with Gasteiger partial charge >= 0.3 is 0 Å². The molecule has 3 aliphatic rings. The summed E-state index contributed by atoms with van der Waals surface area (Å²) in [6.45, 7) is 1.68. The minimum Gasteiger partial charge on any atom is -0.480 e. The van der Waals surface area contributed by atoms with E-state index in [0.29, 0.717) is 17.0 Å². The number of hydrogen-bond donors (Lipinski definition) is 0. The lowest BCUT2D eigenvalue weighted by Gasteiger charge is -2.22. The summed E-state index contributed by atoms with van der Waals surface area (Å²) in [7, 11) is 0. The number of para-hydroxylation sites is 2. The van der Waals surface area contributed by atoms with E-state index >= 15 is 0 Å². The molecule has 1 heterocycles. The second-order valence-corrected chi connectivity index (χ2v) is 7.97. The van der Waals surface area contributed by atoms with E-state index in [1.807, 2.05) is 6.07 Å². The van der Waals surface area contributed by atoms with Gasteiger partial charge in [-0.3, -0.25) is 14.4 Å². The van der Waals surface area contributed by atoms with Crippen molar-refractivity contribution >= 4 is 23.3 Å². The van der Waals surface area contributed by atoms with E-state index in [1.54, 1.807) is 55.5 Å². The number of anilines is 1. The van der Waals surface area contributed by atoms with Crippen molar-refractivity contribution in [2.75, 3.05) is 4.90 Å². The number of allylic oxidation sites excluding steroid dienone is 2. The molecular weight excluding hydrogens is 366 g/mol. The van der Waals surface area contributed by atoms with Gasteiger partial charge in [0.25, 0.3) is 0 Å². The fraction of sp³-hybridized carbons (Fsp3) is 0.292. The Kier molecular flexibility index (Phi) is 4.12. The molecule has 5 unspecified atom stereocenters. The lowest BCUT2D eigenvalue weighted by atomic mass is 9.85. The molecule has 146 valence electrons. The van der Waals surface area contributed by atoms with Gasteiger partial charge in [0, 0.05) is 5.56 Å². The maximum absolute atomic E-state index is 13.1. The van der Waals surface area contributed by atoms with Crippen LogP contribution in [0.2, 0.25) is 0 Å². The molecule has 5 rings (SSSR count). The Hall–Kier alpha value is -3.21. The standard InChI is InChI=1S/C24H21NO4/c1-14(22(26)15-7-3-2-4-8-15)29-19-10-6-5-9-18(19)25-23(27)20-16-11-12-17(13-16)21(20)24(25)28/h2-12,14,16-17,20-21H,13H2,1H3. The van der Waals surface area contributed by atoms with Crippen LogP contribution in [-0.4, -0.2) is 23.7 Å². The molecule has 0 radical (unpaired) electrons. The summed E-state index contributed by atoms with van der Waals surface area (Å²) in [6, 6.07) is 15.9. The van der Waals surface area contributed by atoms with E-state index < -0.39 is 6.10 Å². The Morgan fingerprint density at radius 3 is 2.17 bits per heavy atom. The average Bonchev–Trinajstić information content (AvgIpc) is 3.42. The number of carbonyl (C=O) groups excluding carboxylic acids is 3. The predicted molar refractivity (Wildman–Crippen MR) is 108 cm³/mol. The molecule has 29 heavy (non-hydrogen) atoms. The minimum absolute atomic E-state index is 0.151. The molecule has 5 atom stereocenters. The number of imide groups is 1. The van der Waals surface area contributed by atoms with Gasteiger partial charge in [0.2, 0.25) is 17.6 Å². The van der Waals surface area contributed by atoms with Crippen LogP contribution >= 0.6 is 0 Å². The predicted octanol–water partition coefficient (Wildman–Crippen LogP) is 3.65. The highest BCUT2D eigenvalue weighted by Gasteiger charge is 2.59. The van der Waals surface area contributed by atoms with Gasteiger partial charge in [-0.15, -0.1) is 0 Å². The van der Waals surface area contributed by atoms with Crippen molar-refractivity contribution in [1.82, 2.24) is 0 Å². The molecule has 2 aromatic rings. The van der Waals surface area contributed by atoms with E-state index in [2.05, 4.69) is 12.2 Å². The van der Waals surface area contributed by atoms with Gasteiger partial charge in [0.05, 0.1) is 17.5 Å². The van der Waals surface area contributed by atoms with E-state index in [1.165, 1.54) is 4.90 Å². The summed E-state index contributed by atoms with van der Waals surface area (Å²) in [5, 5.41) is 0. The van der Waals surface area contributed by atoms with Crippen LogP contribution in [0.3, 0.4) is 0 Å². The van der Waals surface area contributed by atoms with Crippen LogP contribution in [0, 0.1) is 23.7 Å². The van der Waals surface area contributed by atoms with Crippen molar-refractivity contribution in [1.29, 1.82) is 0 Å². The maximum Gasteiger partial charge on any atom is 0.238 e. The summed E-state index contributed by atoms with van der Waals surface area (Å²) in [6.07, 6.45) is 4.29. The quantitative estimate of drug-likeness (QED) is 0.446. The highest BCUT2D eigenvalue weighted by molar-refractivity contribution is 6.23. The van der Waals surface area contributed by atoms with E-state index in [-0.39, 0.29) is 41.3 Å². The number of fused-ring (bicyclic) bond motifs is 5. The average molecular weight is 387 g/mol. The van der Waals surface area contributed by atoms with Crippen molar-refractivity contribution < 1.29 is 19.1 Å². The number of hydrogen-bond acceptors (Lipinski definition) is 4. The topological polar surface area (TPSA) is 63.7 Å². The van der Waals surface area contributed by atoms with Crippen LogP contribution in [0.25, 0.3) is 0 Å². The maximum atomic E-state index is 13.1. The SMILES string of the molecule is CC(Oc1ccccc1N1C(=O)C2C3C=CC(C3)C2C1=O)C(=O)c1ccccc1. The van der Waals surface area contributed by atoms with Gasteiger partial charge in [-0.1, -0.05) is 54.6 Å². The lowest BCUT2D eigenvalue weighted by molar-refractivity contribution is -0.123. The van der Waals surface area contributed by atoms with Gasteiger partial charge in [0.1, 0.15) is 5.75 Å². The van der Waals surface area contributed by atoms with Crippen LogP contribution in [0.15, 0.2) is 66.7 Å². The normalized spacial score (nSPS) is 28.0. The highest BCUT2D eigenvalue weighted by atomic mass is 16.5. The molecule has 1 saturated carbocycles. The number of nitrogens with zero attached hydrogens (tertiary/aromatic N) is 1. The van der Waals surface area contributed by atoms with E-state index in [0.717, 1.165) is 6.42 Å². The van der Waals surface area contributed by atoms with Gasteiger partial charge in [0.15, 0.2) is 6.10 Å². The zero-order chi connectivity index (χ0) is 20.1. The van der Waals surface area contributed by atoms with Crippen molar-refractivity contribution in [2.24, 2.45) is 23.7 Å². The Balaban J connectivity index is 1.43. The molecule has 2 fully saturated rings. The molecule has 0 aromatic heterocycles. The Morgan fingerprint density at radius 1 is 0.931 bits per heavy atom. The smallest absolute Gasteiger partial charge is 0.238 e. The number of rotatable bonds is 5. The molecule has 1 aliphatic heterocycles. The van der Waals surface area contributed by atoms with Crippen molar-refractivity contribution in [3.05, 3.63) is 72.3 Å². The van der Waals surface area contributed by atoms with Crippen LogP contribution in [0.5, 0.6) is 5.75 Å². The minimum atomic E-state index is -0.747. The molecule has 5 heteroatoms. The number of amides is 2. The van der Waals surface area contributed by atoms with Gasteiger partial charge in [-0.25, -0.2) is 4.90 Å². The van der Waals surface area contributed by atoms with Crippen LogP contribution in [0.4, 0.5) is 5.69 Å². The first-order valence-corrected chi connectivity index (χ1v) is 9.97. The van der Waals surface area contributed by atoms with E-state index in [4.69, 9.17) is 4.74 Å². The second kappa shape index (κ2) is 6.69. The third-order valence-corrected chi connectivity index (χ3v) is 6.31. The fourth-order valence-corrected chi connectivity index (χ4v) is 4.96. The third-order valence-electron chi connectivity index (χ3n) is 6.31. The molecule has 2 aliphatic carbocycles. The Labute approximate surface area is 169 Å². The molecular formula is C24H21NO4. The number of Topliss-reactive ketones (excluding diaryl/α,β-unsaturated/α-hetero) is 1. The molecule has 5 nitrogen and oxygen atoms in total. The number of benzene rings is 2. The summed E-state index contributed by atoms with van der Waals surface area (Å²) < 4.78 is 5.95. The third kappa shape index (κ3) is 2.72. The molecule has 2 amide bonds. The van der Waals surface area contributed by atoms with Crippen LogP contribution in [-0.2, 0) is 9.59 Å². The number of carbonyl (C=O) groups is 3. The molecule has 0 spiro atoms. The van der Waals surface area contributed by atoms with Crippen LogP contribution in [0.1, 0.15) is 23.7 Å². The summed E-state index contributed by atoms with van der Waals surface area (Å²) >= 11 is 0. The van der Waals surface area contributed by atoms with E-state index in [9.17, 15) is 14.4 Å². The number of ketones is 1. The van der Waals surface area contributed by atoms with Crippen molar-refractivity contribution in [2.45, 2.75) is 19.4 Å². The van der Waals surface area contributed by atoms with Crippen molar-refractivity contribution in [3.8, 4) is 5.75 Å². The summed E-state index contributed by atoms with van der Waals surface area (Å²) in [5.41, 5.74) is 0.979. The second-order valence-electron chi connectivity index (χ2n) is 7.97.